The summed E-state index contributed by atoms with van der Waals surface area (Å²) in [4.78, 5) is 8.70. The molecule has 0 atom stereocenters. The molecule has 13 heavy (non-hydrogen) atoms. The van der Waals surface area contributed by atoms with Crippen LogP contribution in [0.3, 0.4) is 0 Å². The quantitative estimate of drug-likeness (QED) is 0.740. The van der Waals surface area contributed by atoms with E-state index in [9.17, 15) is 0 Å². The minimum absolute atomic E-state index is 0.618. The number of nitrogens with two attached hydrogens (primary N) is 1. The average Bonchev–Trinajstić information content (AvgIpc) is 2.18. The van der Waals surface area contributed by atoms with Crippen molar-refractivity contribution in [2.24, 2.45) is 5.73 Å². The van der Waals surface area contributed by atoms with Crippen molar-refractivity contribution in [2.45, 2.75) is 6.42 Å². The van der Waals surface area contributed by atoms with Gasteiger partial charge in [-0.1, -0.05) is 12.1 Å². The zero-order valence-electron chi connectivity index (χ0n) is 7.27. The van der Waals surface area contributed by atoms with Gasteiger partial charge in [-0.05, 0) is 18.7 Å². The largest absolute Gasteiger partial charge is 0.330 e. The van der Waals surface area contributed by atoms with E-state index in [1.165, 1.54) is 0 Å². The van der Waals surface area contributed by atoms with Crippen molar-refractivity contribution in [1.82, 2.24) is 9.97 Å². The molecule has 1 aromatic carbocycles. The summed E-state index contributed by atoms with van der Waals surface area (Å²) in [5.74, 6) is 0. The third-order valence-corrected chi connectivity index (χ3v) is 1.90. The Morgan fingerprint density at radius 2 is 1.92 bits per heavy atom. The Kier molecular flexibility index (Phi) is 2.19. The number of para-hydroxylation sites is 2. The van der Waals surface area contributed by atoms with Crippen molar-refractivity contribution in [2.75, 3.05) is 6.54 Å². The molecule has 2 N–H and O–H groups in total. The summed E-state index contributed by atoms with van der Waals surface area (Å²) in [5.41, 5.74) is 8.27. The molecule has 0 bridgehead atoms. The normalized spacial score (nSPS) is 10.5. The third-order valence-electron chi connectivity index (χ3n) is 1.90. The lowest BCUT2D eigenvalue weighted by Crippen LogP contribution is -2.04. The molecule has 1 aromatic heterocycles. The van der Waals surface area contributed by atoms with Gasteiger partial charge in [0.25, 0.3) is 0 Å². The Labute approximate surface area is 76.6 Å². The summed E-state index contributed by atoms with van der Waals surface area (Å²) >= 11 is 0. The highest BCUT2D eigenvalue weighted by atomic mass is 14.8. The monoisotopic (exact) mass is 173 g/mol. The lowest BCUT2D eigenvalue weighted by molar-refractivity contribution is 0.922. The first-order valence-corrected chi connectivity index (χ1v) is 4.31. The maximum atomic E-state index is 5.44. The lowest BCUT2D eigenvalue weighted by atomic mass is 10.2. The molecular formula is C10H11N3. The zero-order chi connectivity index (χ0) is 9.10. The molecule has 3 nitrogen and oxygen atoms in total. The smallest absolute Gasteiger partial charge is 0.0890 e. The third kappa shape index (κ3) is 1.65. The van der Waals surface area contributed by atoms with Crippen LogP contribution in [0.25, 0.3) is 11.0 Å². The van der Waals surface area contributed by atoms with E-state index in [0.29, 0.717) is 6.54 Å². The first-order valence-electron chi connectivity index (χ1n) is 4.31. The second-order valence-electron chi connectivity index (χ2n) is 2.89. The molecule has 0 unspecified atom stereocenters. The molecule has 0 aliphatic carbocycles. The van der Waals surface area contributed by atoms with Gasteiger partial charge in [0.1, 0.15) is 0 Å². The van der Waals surface area contributed by atoms with Crippen LogP contribution in [-0.4, -0.2) is 16.5 Å². The van der Waals surface area contributed by atoms with Crippen molar-refractivity contribution in [3.8, 4) is 0 Å². The van der Waals surface area contributed by atoms with E-state index in [1.54, 1.807) is 6.20 Å². The van der Waals surface area contributed by atoms with E-state index in [0.717, 1.165) is 23.1 Å². The predicted molar refractivity (Wildman–Crippen MR) is 52.3 cm³/mol. The number of rotatable bonds is 2. The molecule has 2 aromatic rings. The Bertz CT molecular complexity index is 412. The predicted octanol–water partition coefficient (Wildman–Crippen LogP) is 1.13. The molecule has 3 heteroatoms. The summed E-state index contributed by atoms with van der Waals surface area (Å²) in [7, 11) is 0. The SMILES string of the molecule is NCCc1cnc2ccccc2n1. The Morgan fingerprint density at radius 3 is 2.69 bits per heavy atom. The van der Waals surface area contributed by atoms with E-state index in [4.69, 9.17) is 5.73 Å². The van der Waals surface area contributed by atoms with Gasteiger partial charge in [-0.3, -0.25) is 4.98 Å². The minimum atomic E-state index is 0.618. The number of aromatic nitrogens is 2. The highest BCUT2D eigenvalue weighted by molar-refractivity contribution is 5.73. The first kappa shape index (κ1) is 8.13. The topological polar surface area (TPSA) is 51.8 Å². The van der Waals surface area contributed by atoms with Crippen LogP contribution in [0.2, 0.25) is 0 Å². The van der Waals surface area contributed by atoms with Gasteiger partial charge >= 0.3 is 0 Å². The van der Waals surface area contributed by atoms with Crippen LogP contribution < -0.4 is 5.73 Å². The molecule has 0 aliphatic heterocycles. The molecule has 0 aliphatic rings. The van der Waals surface area contributed by atoms with Crippen molar-refractivity contribution < 1.29 is 0 Å². The summed E-state index contributed by atoms with van der Waals surface area (Å²) in [6.07, 6.45) is 2.58. The molecule has 0 spiro atoms. The summed E-state index contributed by atoms with van der Waals surface area (Å²) in [6.45, 7) is 0.618. The van der Waals surface area contributed by atoms with Crippen LogP contribution >= 0.6 is 0 Å². The van der Waals surface area contributed by atoms with E-state index in [1.807, 2.05) is 24.3 Å². The summed E-state index contributed by atoms with van der Waals surface area (Å²) in [6, 6.07) is 7.83. The second kappa shape index (κ2) is 3.49. The summed E-state index contributed by atoms with van der Waals surface area (Å²) in [5, 5.41) is 0. The van der Waals surface area contributed by atoms with E-state index >= 15 is 0 Å². The van der Waals surface area contributed by atoms with Gasteiger partial charge in [0.2, 0.25) is 0 Å². The Balaban J connectivity index is 2.49. The molecule has 0 amide bonds. The van der Waals surface area contributed by atoms with Crippen molar-refractivity contribution >= 4 is 11.0 Å². The molecule has 0 saturated heterocycles. The van der Waals surface area contributed by atoms with Crippen molar-refractivity contribution in [3.63, 3.8) is 0 Å². The fourth-order valence-corrected chi connectivity index (χ4v) is 1.26. The fraction of sp³-hybridized carbons (Fsp3) is 0.200. The van der Waals surface area contributed by atoms with Gasteiger partial charge in [0.05, 0.1) is 16.7 Å². The molecular weight excluding hydrogens is 162 g/mol. The fourth-order valence-electron chi connectivity index (χ4n) is 1.26. The summed E-state index contributed by atoms with van der Waals surface area (Å²) < 4.78 is 0. The number of hydrogen-bond acceptors (Lipinski definition) is 3. The van der Waals surface area contributed by atoms with Crippen molar-refractivity contribution in [1.29, 1.82) is 0 Å². The highest BCUT2D eigenvalue weighted by Crippen LogP contribution is 2.08. The molecule has 0 radical (unpaired) electrons. The molecule has 0 fully saturated rings. The van der Waals surface area contributed by atoms with Crippen molar-refractivity contribution in [3.05, 3.63) is 36.2 Å². The number of nitrogens with zero attached hydrogens (tertiary/aromatic N) is 2. The minimum Gasteiger partial charge on any atom is -0.330 e. The van der Waals surface area contributed by atoms with E-state index < -0.39 is 0 Å². The Hall–Kier alpha value is -1.48. The Morgan fingerprint density at radius 1 is 1.15 bits per heavy atom. The van der Waals surface area contributed by atoms with Gasteiger partial charge < -0.3 is 5.73 Å². The first-order chi connectivity index (χ1) is 6.40. The van der Waals surface area contributed by atoms with E-state index in [2.05, 4.69) is 9.97 Å². The van der Waals surface area contributed by atoms with Gasteiger partial charge in [0, 0.05) is 12.6 Å². The maximum Gasteiger partial charge on any atom is 0.0890 e. The van der Waals surface area contributed by atoms with Gasteiger partial charge in [-0.25, -0.2) is 4.98 Å². The molecule has 0 saturated carbocycles. The molecule has 1 heterocycles. The van der Waals surface area contributed by atoms with Crippen LogP contribution in [0.15, 0.2) is 30.5 Å². The van der Waals surface area contributed by atoms with Gasteiger partial charge in [-0.2, -0.15) is 0 Å². The van der Waals surface area contributed by atoms with Crippen LogP contribution in [0, 0.1) is 0 Å². The number of fused-ring (bicyclic) bond motifs is 1. The number of benzene rings is 1. The average molecular weight is 173 g/mol. The van der Waals surface area contributed by atoms with E-state index in [-0.39, 0.29) is 0 Å². The van der Waals surface area contributed by atoms with Crippen LogP contribution in [-0.2, 0) is 6.42 Å². The molecule has 66 valence electrons. The lowest BCUT2D eigenvalue weighted by Gasteiger charge is -1.99. The second-order valence-corrected chi connectivity index (χ2v) is 2.89. The standard InChI is InChI=1S/C10H11N3/c11-6-5-8-7-12-9-3-1-2-4-10(9)13-8/h1-4,7H,5-6,11H2. The molecule has 2 rings (SSSR count). The number of hydrogen-bond donors (Lipinski definition) is 1. The van der Waals surface area contributed by atoms with Gasteiger partial charge in [0.15, 0.2) is 0 Å². The maximum absolute atomic E-state index is 5.44. The zero-order valence-corrected chi connectivity index (χ0v) is 7.27. The van der Waals surface area contributed by atoms with Crippen LogP contribution in [0.1, 0.15) is 5.69 Å². The highest BCUT2D eigenvalue weighted by Gasteiger charge is 1.96. The van der Waals surface area contributed by atoms with Crippen LogP contribution in [0.4, 0.5) is 0 Å². The van der Waals surface area contributed by atoms with Crippen LogP contribution in [0.5, 0.6) is 0 Å². The van der Waals surface area contributed by atoms with Gasteiger partial charge in [-0.15, -0.1) is 0 Å².